The molecule has 0 N–H and O–H groups in total. The van der Waals surface area contributed by atoms with Gasteiger partial charge < -0.3 is 4.74 Å². The Hall–Kier alpha value is -0.530. The fourth-order valence-corrected chi connectivity index (χ4v) is 2.32. The Balaban J connectivity index is 2.08. The van der Waals surface area contributed by atoms with Crippen molar-refractivity contribution in [1.29, 1.82) is 0 Å². The first kappa shape index (κ1) is 8.09. The molecule has 2 heteroatoms. The maximum Gasteiger partial charge on any atom is 0.309 e. The Morgan fingerprint density at radius 1 is 1.25 bits per heavy atom. The van der Waals surface area contributed by atoms with E-state index in [9.17, 15) is 4.79 Å². The van der Waals surface area contributed by atoms with Crippen LogP contribution in [0.5, 0.6) is 0 Å². The van der Waals surface area contributed by atoms with Gasteiger partial charge in [0.15, 0.2) is 0 Å². The molecular formula is C10H16O2. The lowest BCUT2D eigenvalue weighted by atomic mass is 9.82. The molecule has 3 aliphatic rings. The van der Waals surface area contributed by atoms with E-state index >= 15 is 0 Å². The van der Waals surface area contributed by atoms with Crippen molar-refractivity contribution < 1.29 is 9.53 Å². The average Bonchev–Trinajstić information content (AvgIpc) is 2.02. The maximum absolute atomic E-state index is 11.4. The van der Waals surface area contributed by atoms with Gasteiger partial charge in [0.05, 0.1) is 5.92 Å². The monoisotopic (exact) mass is 168 g/mol. The van der Waals surface area contributed by atoms with E-state index in [2.05, 4.69) is 6.92 Å². The zero-order chi connectivity index (χ0) is 8.55. The third-order valence-electron chi connectivity index (χ3n) is 3.12. The van der Waals surface area contributed by atoms with Crippen molar-refractivity contribution in [3.05, 3.63) is 0 Å². The molecule has 0 aromatic rings. The van der Waals surface area contributed by atoms with Crippen molar-refractivity contribution in [2.24, 2.45) is 11.8 Å². The van der Waals surface area contributed by atoms with Gasteiger partial charge in [0.2, 0.25) is 0 Å². The van der Waals surface area contributed by atoms with Gasteiger partial charge in [-0.05, 0) is 38.0 Å². The zero-order valence-electron chi connectivity index (χ0n) is 7.58. The number of hydrogen-bond acceptors (Lipinski definition) is 2. The van der Waals surface area contributed by atoms with Crippen LogP contribution in [0, 0.1) is 11.8 Å². The number of esters is 1. The van der Waals surface area contributed by atoms with Crippen LogP contribution in [0.25, 0.3) is 0 Å². The van der Waals surface area contributed by atoms with Gasteiger partial charge in [-0.15, -0.1) is 0 Å². The van der Waals surface area contributed by atoms with E-state index in [4.69, 9.17) is 4.74 Å². The minimum Gasteiger partial charge on any atom is -0.462 e. The van der Waals surface area contributed by atoms with Gasteiger partial charge >= 0.3 is 5.97 Å². The average molecular weight is 168 g/mol. The molecule has 0 spiro atoms. The van der Waals surface area contributed by atoms with Crippen molar-refractivity contribution in [1.82, 2.24) is 0 Å². The molecule has 1 saturated carbocycles. The summed E-state index contributed by atoms with van der Waals surface area (Å²) in [6, 6.07) is 0. The number of ether oxygens (including phenoxy) is 1. The molecule has 2 bridgehead atoms. The van der Waals surface area contributed by atoms with Crippen molar-refractivity contribution >= 4 is 5.97 Å². The summed E-state index contributed by atoms with van der Waals surface area (Å²) in [7, 11) is 0. The first-order valence-electron chi connectivity index (χ1n) is 4.96. The highest BCUT2D eigenvalue weighted by molar-refractivity contribution is 5.73. The Bertz CT molecular complexity index is 188. The van der Waals surface area contributed by atoms with Gasteiger partial charge in [0.25, 0.3) is 0 Å². The molecular weight excluding hydrogens is 152 g/mol. The third kappa shape index (κ3) is 1.47. The van der Waals surface area contributed by atoms with Crippen LogP contribution in [0.3, 0.4) is 0 Å². The Kier molecular flexibility index (Phi) is 2.07. The molecule has 2 saturated heterocycles. The largest absolute Gasteiger partial charge is 0.462 e. The summed E-state index contributed by atoms with van der Waals surface area (Å²) in [6.45, 7) is 2.24. The molecule has 0 amide bonds. The highest BCUT2D eigenvalue weighted by atomic mass is 16.5. The summed E-state index contributed by atoms with van der Waals surface area (Å²) >= 11 is 0. The molecule has 2 nitrogen and oxygen atoms in total. The van der Waals surface area contributed by atoms with Crippen LogP contribution in [0.2, 0.25) is 0 Å². The molecule has 68 valence electrons. The molecule has 0 aromatic heterocycles. The SMILES string of the molecule is CC1CCC2CCC(C1)C(=O)O2. The van der Waals surface area contributed by atoms with Crippen LogP contribution in [-0.2, 0) is 9.53 Å². The fraction of sp³-hybridized carbons (Fsp3) is 0.900. The Morgan fingerprint density at radius 2 is 2.00 bits per heavy atom. The smallest absolute Gasteiger partial charge is 0.309 e. The van der Waals surface area contributed by atoms with Crippen LogP contribution < -0.4 is 0 Å². The summed E-state index contributed by atoms with van der Waals surface area (Å²) < 4.78 is 5.30. The predicted octanol–water partition coefficient (Wildman–Crippen LogP) is 2.13. The molecule has 0 aromatic carbocycles. The van der Waals surface area contributed by atoms with E-state index < -0.39 is 0 Å². The van der Waals surface area contributed by atoms with E-state index in [-0.39, 0.29) is 18.0 Å². The standard InChI is InChI=1S/C10H16O2/c1-7-2-4-9-5-3-8(6-7)10(11)12-9/h7-9H,2-6H2,1H3. The third-order valence-corrected chi connectivity index (χ3v) is 3.12. The molecule has 3 atom stereocenters. The normalized spacial score (nSPS) is 41.8. The predicted molar refractivity (Wildman–Crippen MR) is 45.6 cm³/mol. The lowest BCUT2D eigenvalue weighted by Crippen LogP contribution is -2.34. The van der Waals surface area contributed by atoms with E-state index in [0.717, 1.165) is 25.7 Å². The Labute approximate surface area is 73.3 Å². The minimum absolute atomic E-state index is 0.0674. The second-order valence-corrected chi connectivity index (χ2v) is 4.25. The highest BCUT2D eigenvalue weighted by Gasteiger charge is 2.33. The van der Waals surface area contributed by atoms with Crippen molar-refractivity contribution in [3.8, 4) is 0 Å². The molecule has 0 radical (unpaired) electrons. The van der Waals surface area contributed by atoms with Gasteiger partial charge in [-0.3, -0.25) is 4.79 Å². The summed E-state index contributed by atoms with van der Waals surface area (Å²) in [5, 5.41) is 0. The zero-order valence-corrected chi connectivity index (χ0v) is 7.58. The number of hydrogen-bond donors (Lipinski definition) is 0. The lowest BCUT2D eigenvalue weighted by molar-refractivity contribution is -0.163. The van der Waals surface area contributed by atoms with Crippen molar-refractivity contribution in [2.45, 2.75) is 45.1 Å². The quantitative estimate of drug-likeness (QED) is 0.518. The highest BCUT2D eigenvalue weighted by Crippen LogP contribution is 2.33. The van der Waals surface area contributed by atoms with Crippen molar-refractivity contribution in [3.63, 3.8) is 0 Å². The first-order chi connectivity index (χ1) is 5.75. The maximum atomic E-state index is 11.4. The topological polar surface area (TPSA) is 26.3 Å². The van der Waals surface area contributed by atoms with E-state index in [1.54, 1.807) is 0 Å². The van der Waals surface area contributed by atoms with Gasteiger partial charge in [0, 0.05) is 0 Å². The second kappa shape index (κ2) is 3.08. The summed E-state index contributed by atoms with van der Waals surface area (Å²) in [6.07, 6.45) is 5.77. The number of rotatable bonds is 0. The molecule has 2 heterocycles. The molecule has 2 aliphatic heterocycles. The molecule has 12 heavy (non-hydrogen) atoms. The second-order valence-electron chi connectivity index (χ2n) is 4.25. The van der Waals surface area contributed by atoms with Crippen molar-refractivity contribution in [2.75, 3.05) is 0 Å². The van der Waals surface area contributed by atoms with Gasteiger partial charge in [-0.1, -0.05) is 6.92 Å². The summed E-state index contributed by atoms with van der Waals surface area (Å²) in [4.78, 5) is 11.4. The first-order valence-corrected chi connectivity index (χ1v) is 4.96. The molecule has 3 fully saturated rings. The van der Waals surface area contributed by atoms with Crippen LogP contribution in [0.15, 0.2) is 0 Å². The van der Waals surface area contributed by atoms with Gasteiger partial charge in [-0.2, -0.15) is 0 Å². The van der Waals surface area contributed by atoms with E-state index in [1.165, 1.54) is 6.42 Å². The van der Waals surface area contributed by atoms with Crippen LogP contribution in [0.4, 0.5) is 0 Å². The van der Waals surface area contributed by atoms with Crippen LogP contribution in [-0.4, -0.2) is 12.1 Å². The van der Waals surface area contributed by atoms with E-state index in [1.807, 2.05) is 0 Å². The minimum atomic E-state index is 0.0674. The number of carbonyl (C=O) groups excluding carboxylic acids is 1. The lowest BCUT2D eigenvalue weighted by Gasteiger charge is -2.33. The van der Waals surface area contributed by atoms with Gasteiger partial charge in [-0.25, -0.2) is 0 Å². The fourth-order valence-electron chi connectivity index (χ4n) is 2.32. The number of carbonyl (C=O) groups is 1. The van der Waals surface area contributed by atoms with Crippen LogP contribution >= 0.6 is 0 Å². The molecule has 3 rings (SSSR count). The van der Waals surface area contributed by atoms with E-state index in [0.29, 0.717) is 5.92 Å². The number of fused-ring (bicyclic) bond motifs is 5. The summed E-state index contributed by atoms with van der Waals surface area (Å²) in [5.41, 5.74) is 0. The summed E-state index contributed by atoms with van der Waals surface area (Å²) in [5.74, 6) is 1.00. The Morgan fingerprint density at radius 3 is 2.75 bits per heavy atom. The molecule has 1 aliphatic carbocycles. The van der Waals surface area contributed by atoms with Gasteiger partial charge in [0.1, 0.15) is 6.10 Å². The molecule has 3 unspecified atom stereocenters. The van der Waals surface area contributed by atoms with Crippen LogP contribution in [0.1, 0.15) is 39.0 Å².